The quantitative estimate of drug-likeness (QED) is 0.581. The zero-order valence-corrected chi connectivity index (χ0v) is 11.6. The van der Waals surface area contributed by atoms with Gasteiger partial charge in [-0.1, -0.05) is 0 Å². The SMILES string of the molecule is COC(=O)C[CH][C@@H]1COC(C)(C)O1.[HH].[HH].[HH].[Sn]. The smallest absolute Gasteiger partial charge is 0.305 e. The van der Waals surface area contributed by atoms with Gasteiger partial charge in [0, 0.05) is 34.6 Å². The van der Waals surface area contributed by atoms with Gasteiger partial charge in [0.05, 0.1) is 26.2 Å². The third-order valence-corrected chi connectivity index (χ3v) is 1.81. The molecule has 1 heterocycles. The van der Waals surface area contributed by atoms with Crippen LogP contribution in [0.4, 0.5) is 0 Å². The molecule has 1 atom stereocenters. The van der Waals surface area contributed by atoms with Gasteiger partial charge in [-0.05, 0) is 13.8 Å². The Labute approximate surface area is 106 Å². The molecule has 0 N–H and O–H groups in total. The zero-order valence-electron chi connectivity index (χ0n) is 8.70. The maximum atomic E-state index is 10.8. The second kappa shape index (κ2) is 5.92. The number of carbonyl (C=O) groups is 1. The average Bonchev–Trinajstić information content (AvgIpc) is 2.41. The number of rotatable bonds is 3. The van der Waals surface area contributed by atoms with Crippen LogP contribution in [0, 0.1) is 6.42 Å². The van der Waals surface area contributed by atoms with Crippen LogP contribution in [-0.4, -0.2) is 55.5 Å². The van der Waals surface area contributed by atoms with Gasteiger partial charge in [-0.2, -0.15) is 0 Å². The summed E-state index contributed by atoms with van der Waals surface area (Å²) in [6, 6.07) is 0. The van der Waals surface area contributed by atoms with Gasteiger partial charge in [-0.25, -0.2) is 0 Å². The first-order valence-electron chi connectivity index (χ1n) is 4.25. The minimum absolute atomic E-state index is 0. The molecule has 0 saturated carbocycles. The molecule has 1 aliphatic rings. The molecule has 0 unspecified atom stereocenters. The van der Waals surface area contributed by atoms with Crippen molar-refractivity contribution < 1.29 is 23.3 Å². The number of hydrogen-bond donors (Lipinski definition) is 0. The summed E-state index contributed by atoms with van der Waals surface area (Å²) in [6.07, 6.45) is 1.93. The van der Waals surface area contributed by atoms with E-state index in [4.69, 9.17) is 9.47 Å². The summed E-state index contributed by atoms with van der Waals surface area (Å²) in [5.74, 6) is -0.787. The maximum Gasteiger partial charge on any atom is 0.305 e. The average molecular weight is 312 g/mol. The van der Waals surface area contributed by atoms with Crippen molar-refractivity contribution in [2.24, 2.45) is 0 Å². The largest absolute Gasteiger partial charge is 0.469 e. The molecule has 0 amide bonds. The van der Waals surface area contributed by atoms with Crippen molar-refractivity contribution in [3.63, 3.8) is 0 Å². The predicted octanol–water partition coefficient (Wildman–Crippen LogP) is 1.26. The van der Waals surface area contributed by atoms with Crippen LogP contribution in [0.25, 0.3) is 0 Å². The molecule has 0 aromatic heterocycles. The van der Waals surface area contributed by atoms with E-state index in [1.807, 2.05) is 13.8 Å². The zero-order chi connectivity index (χ0) is 9.90. The van der Waals surface area contributed by atoms with Gasteiger partial charge in [0.25, 0.3) is 0 Å². The molecule has 5 heteroatoms. The summed E-state index contributed by atoms with van der Waals surface area (Å²) in [4.78, 5) is 10.8. The van der Waals surface area contributed by atoms with Gasteiger partial charge in [0.2, 0.25) is 0 Å². The Kier molecular flexibility index (Phi) is 6.00. The van der Waals surface area contributed by atoms with Crippen molar-refractivity contribution >= 4 is 29.9 Å². The topological polar surface area (TPSA) is 44.8 Å². The van der Waals surface area contributed by atoms with E-state index in [9.17, 15) is 4.79 Å². The summed E-state index contributed by atoms with van der Waals surface area (Å²) in [7, 11) is 1.37. The molecular formula is C9H21O4Sn. The van der Waals surface area contributed by atoms with E-state index in [2.05, 4.69) is 4.74 Å². The van der Waals surface area contributed by atoms with Gasteiger partial charge in [0.1, 0.15) is 0 Å². The van der Waals surface area contributed by atoms with Crippen molar-refractivity contribution in [3.8, 4) is 0 Å². The summed E-state index contributed by atoms with van der Waals surface area (Å²) in [5, 5.41) is 0. The third-order valence-electron chi connectivity index (χ3n) is 1.81. The Balaban J connectivity index is -0.000000211. The normalized spacial score (nSPS) is 24.1. The van der Waals surface area contributed by atoms with Crippen molar-refractivity contribution in [2.45, 2.75) is 32.2 Å². The van der Waals surface area contributed by atoms with E-state index in [1.54, 1.807) is 6.42 Å². The molecule has 1 saturated heterocycles. The van der Waals surface area contributed by atoms with Crippen LogP contribution >= 0.6 is 0 Å². The van der Waals surface area contributed by atoms with Gasteiger partial charge in [-0.3, -0.25) is 4.79 Å². The van der Waals surface area contributed by atoms with E-state index in [-0.39, 0.29) is 46.7 Å². The fourth-order valence-electron chi connectivity index (χ4n) is 1.14. The van der Waals surface area contributed by atoms with E-state index in [0.29, 0.717) is 6.61 Å². The predicted molar refractivity (Wildman–Crippen MR) is 57.9 cm³/mol. The Bertz CT molecular complexity index is 205. The van der Waals surface area contributed by atoms with E-state index < -0.39 is 5.79 Å². The Morgan fingerprint density at radius 3 is 2.79 bits per heavy atom. The second-order valence-electron chi connectivity index (χ2n) is 3.38. The minimum atomic E-state index is -0.530. The fourth-order valence-corrected chi connectivity index (χ4v) is 1.14. The standard InChI is InChI=1S/C9H15O4.Sn.3H2/c1-9(2)12-6-7(13-9)4-5-8(10)11-3;;;;/h4,7H,5-6H2,1-3H3;;3*1H/t7-;;;;/m1..../s1. The summed E-state index contributed by atoms with van der Waals surface area (Å²) < 4.78 is 15.3. The first-order valence-corrected chi connectivity index (χ1v) is 4.25. The molecule has 4 nitrogen and oxygen atoms in total. The van der Waals surface area contributed by atoms with Gasteiger partial charge < -0.3 is 14.2 Å². The van der Waals surface area contributed by atoms with Crippen LogP contribution in [0.5, 0.6) is 0 Å². The van der Waals surface area contributed by atoms with E-state index >= 15 is 0 Å². The van der Waals surface area contributed by atoms with Crippen molar-refractivity contribution in [3.05, 3.63) is 6.42 Å². The summed E-state index contributed by atoms with van der Waals surface area (Å²) >= 11 is 0. The minimum Gasteiger partial charge on any atom is -0.469 e. The summed E-state index contributed by atoms with van der Waals surface area (Å²) in [5.41, 5.74) is 0. The number of hydrogen-bond acceptors (Lipinski definition) is 4. The number of esters is 1. The summed E-state index contributed by atoms with van der Waals surface area (Å²) in [6.45, 7) is 4.20. The fraction of sp³-hybridized carbons (Fsp3) is 0.778. The van der Waals surface area contributed by atoms with Crippen molar-refractivity contribution in [2.75, 3.05) is 13.7 Å². The molecule has 1 fully saturated rings. The Morgan fingerprint density at radius 1 is 1.71 bits per heavy atom. The van der Waals surface area contributed by atoms with E-state index in [0.717, 1.165) is 0 Å². The molecule has 85 valence electrons. The molecule has 14 heavy (non-hydrogen) atoms. The molecule has 0 bridgehead atoms. The van der Waals surface area contributed by atoms with Gasteiger partial charge in [-0.15, -0.1) is 0 Å². The first kappa shape index (κ1) is 14.2. The number of methoxy groups -OCH3 is 1. The van der Waals surface area contributed by atoms with Gasteiger partial charge >= 0.3 is 5.97 Å². The van der Waals surface area contributed by atoms with Crippen LogP contribution < -0.4 is 0 Å². The maximum absolute atomic E-state index is 10.8. The molecular weight excluding hydrogens is 291 g/mol. The number of carbonyl (C=O) groups excluding carboxylic acids is 1. The molecule has 1 rings (SSSR count). The van der Waals surface area contributed by atoms with Crippen LogP contribution in [0.1, 0.15) is 24.5 Å². The molecule has 0 spiro atoms. The molecule has 0 aliphatic carbocycles. The molecule has 0 aromatic carbocycles. The molecule has 1 aliphatic heterocycles. The van der Waals surface area contributed by atoms with Crippen molar-refractivity contribution in [1.29, 1.82) is 0 Å². The van der Waals surface area contributed by atoms with E-state index in [1.165, 1.54) is 7.11 Å². The molecule has 5 radical (unpaired) electrons. The number of ether oxygens (including phenoxy) is 3. The van der Waals surface area contributed by atoms with Gasteiger partial charge in [0.15, 0.2) is 5.79 Å². The van der Waals surface area contributed by atoms with Crippen molar-refractivity contribution in [1.82, 2.24) is 0 Å². The molecule has 0 aromatic rings. The third kappa shape index (κ3) is 4.61. The Morgan fingerprint density at radius 2 is 2.36 bits per heavy atom. The van der Waals surface area contributed by atoms with Crippen LogP contribution in [0.3, 0.4) is 0 Å². The monoisotopic (exact) mass is 313 g/mol. The Hall–Kier alpha value is 0.189. The van der Waals surface area contributed by atoms with Crippen LogP contribution in [0.15, 0.2) is 0 Å². The van der Waals surface area contributed by atoms with Crippen LogP contribution in [0.2, 0.25) is 0 Å². The second-order valence-corrected chi connectivity index (χ2v) is 3.38. The first-order chi connectivity index (χ1) is 6.03. The van der Waals surface area contributed by atoms with Crippen LogP contribution in [-0.2, 0) is 19.0 Å².